The van der Waals surface area contributed by atoms with E-state index in [1.165, 1.54) is 0 Å². The zero-order valence-electron chi connectivity index (χ0n) is 17.3. The second-order valence-corrected chi connectivity index (χ2v) is 7.77. The number of aromatic nitrogens is 4. The molecule has 0 atom stereocenters. The third-order valence-corrected chi connectivity index (χ3v) is 5.47. The number of fused-ring (bicyclic) bond motifs is 1. The Hall–Kier alpha value is -4.41. The second-order valence-electron chi connectivity index (χ2n) is 7.37. The molecule has 8 heteroatoms. The van der Waals surface area contributed by atoms with Crippen molar-refractivity contribution < 1.29 is 4.74 Å². The van der Waals surface area contributed by atoms with Gasteiger partial charge in [-0.2, -0.15) is 10.4 Å². The van der Waals surface area contributed by atoms with E-state index < -0.39 is 0 Å². The fraction of sp³-hybridized carbons (Fsp3) is 0.0400. The lowest BCUT2D eigenvalue weighted by Crippen LogP contribution is -2.06. The molecule has 0 saturated carbocycles. The van der Waals surface area contributed by atoms with Crippen LogP contribution in [-0.2, 0) is 6.61 Å². The van der Waals surface area contributed by atoms with Crippen LogP contribution < -0.4 is 10.5 Å². The fourth-order valence-corrected chi connectivity index (χ4v) is 3.78. The molecule has 0 radical (unpaired) electrons. The molecule has 0 amide bonds. The Morgan fingerprint density at radius 1 is 0.970 bits per heavy atom. The number of hydrogen-bond acceptors (Lipinski definition) is 6. The highest BCUT2D eigenvalue weighted by atomic mass is 35.5. The number of ether oxygens (including phenoxy) is 1. The van der Waals surface area contributed by atoms with Crippen molar-refractivity contribution in [1.82, 2.24) is 20.2 Å². The lowest BCUT2D eigenvalue weighted by atomic mass is 10.0. The summed E-state index contributed by atoms with van der Waals surface area (Å²) in [6, 6.07) is 22.7. The number of nitrogens with two attached hydrogens (primary N) is 1. The van der Waals surface area contributed by atoms with E-state index in [0.717, 1.165) is 27.6 Å². The Morgan fingerprint density at radius 2 is 1.73 bits per heavy atom. The highest BCUT2D eigenvalue weighted by molar-refractivity contribution is 6.35. The maximum Gasteiger partial charge on any atom is 0.258 e. The molecule has 0 saturated heterocycles. The van der Waals surface area contributed by atoms with Crippen LogP contribution in [0.5, 0.6) is 5.88 Å². The van der Waals surface area contributed by atoms with Crippen LogP contribution in [0.2, 0.25) is 5.02 Å². The maximum atomic E-state index is 8.97. The molecule has 2 heterocycles. The predicted octanol–water partition coefficient (Wildman–Crippen LogP) is 5.37. The average molecular weight is 453 g/mol. The number of nitrogens with one attached hydrogen (secondary N) is 1. The highest BCUT2D eigenvalue weighted by Crippen LogP contribution is 2.36. The van der Waals surface area contributed by atoms with Gasteiger partial charge in [0, 0.05) is 16.5 Å². The maximum absolute atomic E-state index is 8.97. The Balaban J connectivity index is 1.59. The number of rotatable bonds is 5. The summed E-state index contributed by atoms with van der Waals surface area (Å²) in [5.41, 5.74) is 11.3. The number of nitrogens with zero attached hydrogens (tertiary/aromatic N) is 4. The van der Waals surface area contributed by atoms with Crippen LogP contribution in [0.4, 0.5) is 5.82 Å². The van der Waals surface area contributed by atoms with Gasteiger partial charge >= 0.3 is 0 Å². The minimum absolute atomic E-state index is 0.182. The quantitative estimate of drug-likeness (QED) is 0.370. The Labute approximate surface area is 194 Å². The molecule has 0 bridgehead atoms. The van der Waals surface area contributed by atoms with Gasteiger partial charge in [-0.25, -0.2) is 9.97 Å². The summed E-state index contributed by atoms with van der Waals surface area (Å²) in [4.78, 5) is 9.39. The largest absolute Gasteiger partial charge is 0.470 e. The normalized spacial score (nSPS) is 10.8. The van der Waals surface area contributed by atoms with Gasteiger partial charge in [0.1, 0.15) is 12.3 Å². The van der Waals surface area contributed by atoms with Gasteiger partial charge in [0.25, 0.3) is 5.88 Å². The number of aromatic amines is 1. The van der Waals surface area contributed by atoms with Crippen molar-refractivity contribution in [1.29, 1.82) is 5.26 Å². The zero-order valence-corrected chi connectivity index (χ0v) is 18.0. The van der Waals surface area contributed by atoms with Gasteiger partial charge in [-0.05, 0) is 29.8 Å². The summed E-state index contributed by atoms with van der Waals surface area (Å²) in [5, 5.41) is 17.3. The first-order valence-corrected chi connectivity index (χ1v) is 10.5. The molecule has 3 N–H and O–H groups in total. The molecule has 2 aromatic heterocycles. The van der Waals surface area contributed by atoms with Crippen LogP contribution in [0.25, 0.3) is 33.4 Å². The number of halogens is 1. The lowest BCUT2D eigenvalue weighted by Gasteiger charge is -2.14. The standard InChI is InChI=1S/C25H17ClN6O/c26-20-11-18(10-19-13-29-32-21(19)20)23-22(17-4-2-1-3-5-17)30-24(28)25(31-23)33-14-16-8-6-15(12-27)7-9-16/h1-11,13H,14H2,(H2,28,30)(H,29,32). The number of nitrogen functional groups attached to an aromatic ring is 1. The van der Waals surface area contributed by atoms with Gasteiger partial charge in [0.2, 0.25) is 0 Å². The molecule has 0 spiro atoms. The predicted molar refractivity (Wildman–Crippen MR) is 127 cm³/mol. The summed E-state index contributed by atoms with van der Waals surface area (Å²) in [7, 11) is 0. The zero-order chi connectivity index (χ0) is 22.8. The first kappa shape index (κ1) is 20.5. The highest BCUT2D eigenvalue weighted by Gasteiger charge is 2.18. The molecule has 5 aromatic rings. The Bertz CT molecular complexity index is 1490. The van der Waals surface area contributed by atoms with Gasteiger partial charge in [-0.1, -0.05) is 54.1 Å². The molecule has 0 aliphatic carbocycles. The summed E-state index contributed by atoms with van der Waals surface area (Å²) in [6.07, 6.45) is 1.71. The van der Waals surface area contributed by atoms with E-state index >= 15 is 0 Å². The van der Waals surface area contributed by atoms with E-state index in [4.69, 9.17) is 32.3 Å². The summed E-state index contributed by atoms with van der Waals surface area (Å²) in [5.74, 6) is 0.402. The van der Waals surface area contributed by atoms with Crippen molar-refractivity contribution in [2.45, 2.75) is 6.61 Å². The number of nitriles is 1. The van der Waals surface area contributed by atoms with E-state index in [1.807, 2.05) is 54.6 Å². The van der Waals surface area contributed by atoms with Crippen LogP contribution in [0.3, 0.4) is 0 Å². The number of H-pyrrole nitrogens is 1. The van der Waals surface area contributed by atoms with Crippen LogP contribution in [-0.4, -0.2) is 20.2 Å². The van der Waals surface area contributed by atoms with Crippen molar-refractivity contribution in [3.05, 3.63) is 89.1 Å². The minimum Gasteiger partial charge on any atom is -0.470 e. The third-order valence-electron chi connectivity index (χ3n) is 5.17. The van der Waals surface area contributed by atoms with Crippen LogP contribution in [0, 0.1) is 11.3 Å². The van der Waals surface area contributed by atoms with Crippen molar-refractivity contribution in [3.8, 4) is 34.5 Å². The Morgan fingerprint density at radius 3 is 2.48 bits per heavy atom. The molecule has 0 aliphatic rings. The molecule has 0 fully saturated rings. The average Bonchev–Trinajstić information content (AvgIpc) is 3.33. The number of hydrogen-bond donors (Lipinski definition) is 2. The van der Waals surface area contributed by atoms with Crippen LogP contribution in [0.1, 0.15) is 11.1 Å². The van der Waals surface area contributed by atoms with E-state index in [0.29, 0.717) is 22.0 Å². The summed E-state index contributed by atoms with van der Waals surface area (Å²) >= 11 is 6.49. The number of anilines is 1. The first-order valence-electron chi connectivity index (χ1n) is 10.1. The van der Waals surface area contributed by atoms with E-state index in [-0.39, 0.29) is 18.3 Å². The van der Waals surface area contributed by atoms with Crippen molar-refractivity contribution in [2.75, 3.05) is 5.73 Å². The SMILES string of the molecule is N#Cc1ccc(COc2nc(-c3cc(Cl)c4[nH]ncc4c3)c(-c3ccccc3)nc2N)cc1. The lowest BCUT2D eigenvalue weighted by molar-refractivity contribution is 0.295. The van der Waals surface area contributed by atoms with E-state index in [2.05, 4.69) is 21.3 Å². The molecule has 7 nitrogen and oxygen atoms in total. The monoisotopic (exact) mass is 452 g/mol. The second kappa shape index (κ2) is 8.61. The van der Waals surface area contributed by atoms with Crippen molar-refractivity contribution >= 4 is 28.3 Å². The van der Waals surface area contributed by atoms with Gasteiger partial charge in [0.15, 0.2) is 5.82 Å². The molecule has 33 heavy (non-hydrogen) atoms. The smallest absolute Gasteiger partial charge is 0.258 e. The van der Waals surface area contributed by atoms with Crippen LogP contribution in [0.15, 0.2) is 72.9 Å². The first-order chi connectivity index (χ1) is 16.1. The van der Waals surface area contributed by atoms with Crippen molar-refractivity contribution in [2.24, 2.45) is 0 Å². The summed E-state index contributed by atoms with van der Waals surface area (Å²) in [6.45, 7) is 0.232. The minimum atomic E-state index is 0.182. The van der Waals surface area contributed by atoms with Gasteiger partial charge in [0.05, 0.1) is 34.1 Å². The Kier molecular flexibility index (Phi) is 5.35. The van der Waals surface area contributed by atoms with Crippen LogP contribution >= 0.6 is 11.6 Å². The molecule has 5 rings (SSSR count). The molecule has 3 aromatic carbocycles. The molecular formula is C25H17ClN6O. The topological polar surface area (TPSA) is 114 Å². The molecular weight excluding hydrogens is 436 g/mol. The molecule has 0 aliphatic heterocycles. The van der Waals surface area contributed by atoms with Gasteiger partial charge < -0.3 is 10.5 Å². The number of benzene rings is 3. The van der Waals surface area contributed by atoms with E-state index in [1.54, 1.807) is 18.3 Å². The van der Waals surface area contributed by atoms with E-state index in [9.17, 15) is 0 Å². The third kappa shape index (κ3) is 4.07. The molecule has 0 unspecified atom stereocenters. The van der Waals surface area contributed by atoms with Gasteiger partial charge in [-0.15, -0.1) is 0 Å². The fourth-order valence-electron chi connectivity index (χ4n) is 3.52. The summed E-state index contributed by atoms with van der Waals surface area (Å²) < 4.78 is 5.92. The van der Waals surface area contributed by atoms with Crippen molar-refractivity contribution in [3.63, 3.8) is 0 Å². The molecule has 160 valence electrons. The van der Waals surface area contributed by atoms with Gasteiger partial charge in [-0.3, -0.25) is 5.10 Å².